The molecule has 0 unspecified atom stereocenters. The largest absolute Gasteiger partial charge is 0.455 e. The number of fused-ring (bicyclic) bond motifs is 7. The fourth-order valence-corrected chi connectivity index (χ4v) is 5.87. The molecule has 0 spiro atoms. The molecule has 5 aromatic carbocycles. The van der Waals surface area contributed by atoms with Gasteiger partial charge in [-0.2, -0.15) is 0 Å². The van der Waals surface area contributed by atoms with Gasteiger partial charge in [-0.1, -0.05) is 86.1 Å². The quantitative estimate of drug-likeness (QED) is 0.246. The maximum atomic E-state index is 6.73. The molecule has 1 aliphatic carbocycles. The van der Waals surface area contributed by atoms with E-state index >= 15 is 0 Å². The summed E-state index contributed by atoms with van der Waals surface area (Å²) in [6.45, 7) is 4.62. The Balaban J connectivity index is 1.50. The molecule has 0 saturated carbocycles. The van der Waals surface area contributed by atoms with Crippen LogP contribution in [0.15, 0.2) is 95.4 Å². The summed E-state index contributed by atoms with van der Waals surface area (Å²) in [7, 11) is 0. The van der Waals surface area contributed by atoms with Crippen LogP contribution in [0.2, 0.25) is 5.02 Å². The highest BCUT2D eigenvalue weighted by Crippen LogP contribution is 2.50. The van der Waals surface area contributed by atoms with E-state index in [1.54, 1.807) is 0 Å². The number of furan rings is 1. The predicted molar refractivity (Wildman–Crippen MR) is 139 cm³/mol. The number of hydrogen-bond acceptors (Lipinski definition) is 1. The van der Waals surface area contributed by atoms with Crippen molar-refractivity contribution in [1.82, 2.24) is 0 Å². The lowest BCUT2D eigenvalue weighted by molar-refractivity contribution is 0.660. The summed E-state index contributed by atoms with van der Waals surface area (Å²) < 4.78 is 6.48. The summed E-state index contributed by atoms with van der Waals surface area (Å²) in [4.78, 5) is 0. The highest BCUT2D eigenvalue weighted by Gasteiger charge is 2.35. The second-order valence-corrected chi connectivity index (χ2v) is 9.93. The van der Waals surface area contributed by atoms with Gasteiger partial charge in [0.05, 0.1) is 5.02 Å². The fraction of sp³-hybridized carbons (Fsp3) is 0.0968. The SMILES string of the molecule is CC1(C)c2ccccc2-c2ccc(-c3ccc(Cl)c4c3oc3cc5ccccc5cc34)cc21. The first-order valence-corrected chi connectivity index (χ1v) is 11.7. The number of benzene rings is 5. The Kier molecular flexibility index (Phi) is 3.73. The van der Waals surface area contributed by atoms with Gasteiger partial charge in [0.1, 0.15) is 11.2 Å². The average molecular weight is 445 g/mol. The number of halogens is 1. The van der Waals surface area contributed by atoms with E-state index in [1.807, 2.05) is 6.07 Å². The van der Waals surface area contributed by atoms with Crippen LogP contribution < -0.4 is 0 Å². The van der Waals surface area contributed by atoms with Crippen LogP contribution in [-0.4, -0.2) is 0 Å². The van der Waals surface area contributed by atoms with Gasteiger partial charge in [0.25, 0.3) is 0 Å². The third-order valence-corrected chi connectivity index (χ3v) is 7.65. The maximum Gasteiger partial charge on any atom is 0.144 e. The maximum absolute atomic E-state index is 6.73. The van der Waals surface area contributed by atoms with Crippen LogP contribution >= 0.6 is 11.6 Å². The van der Waals surface area contributed by atoms with Crippen LogP contribution in [0.5, 0.6) is 0 Å². The van der Waals surface area contributed by atoms with Gasteiger partial charge >= 0.3 is 0 Å². The molecule has 158 valence electrons. The summed E-state index contributed by atoms with van der Waals surface area (Å²) in [6.07, 6.45) is 0. The van der Waals surface area contributed by atoms with E-state index in [0.29, 0.717) is 0 Å². The molecule has 1 heterocycles. The normalized spacial score (nSPS) is 14.2. The Bertz CT molecular complexity index is 1750. The Morgan fingerprint density at radius 1 is 0.667 bits per heavy atom. The second kappa shape index (κ2) is 6.50. The first-order valence-electron chi connectivity index (χ1n) is 11.3. The molecule has 0 aliphatic heterocycles. The standard InChI is InChI=1S/C31H21ClO/c1-31(2)25-10-6-5-9-22(25)23-12-11-20(16-26(23)31)21-13-14-27(32)29-24-15-18-7-3-4-8-19(18)17-28(24)33-30(21)29/h3-17H,1-2H3. The molecule has 7 rings (SSSR count). The highest BCUT2D eigenvalue weighted by molar-refractivity contribution is 6.38. The summed E-state index contributed by atoms with van der Waals surface area (Å²) in [6, 6.07) is 32.3. The van der Waals surface area contributed by atoms with Crippen molar-refractivity contribution in [1.29, 1.82) is 0 Å². The van der Waals surface area contributed by atoms with E-state index in [9.17, 15) is 0 Å². The molecular weight excluding hydrogens is 424 g/mol. The first kappa shape index (κ1) is 19.0. The molecule has 1 nitrogen and oxygen atoms in total. The first-order chi connectivity index (χ1) is 16.0. The smallest absolute Gasteiger partial charge is 0.144 e. The topological polar surface area (TPSA) is 13.1 Å². The zero-order valence-corrected chi connectivity index (χ0v) is 19.2. The van der Waals surface area contributed by atoms with Gasteiger partial charge in [0, 0.05) is 21.8 Å². The van der Waals surface area contributed by atoms with Gasteiger partial charge < -0.3 is 4.42 Å². The van der Waals surface area contributed by atoms with Gasteiger partial charge in [-0.05, 0) is 68.9 Å². The molecule has 0 bridgehead atoms. The molecule has 1 aliphatic rings. The van der Waals surface area contributed by atoms with Crippen LogP contribution in [0, 0.1) is 0 Å². The lowest BCUT2D eigenvalue weighted by atomic mass is 9.81. The minimum atomic E-state index is -0.0426. The summed E-state index contributed by atoms with van der Waals surface area (Å²) >= 11 is 6.73. The van der Waals surface area contributed by atoms with Crippen molar-refractivity contribution in [2.24, 2.45) is 0 Å². The van der Waals surface area contributed by atoms with Gasteiger partial charge in [-0.25, -0.2) is 0 Å². The molecule has 33 heavy (non-hydrogen) atoms. The van der Waals surface area contributed by atoms with E-state index < -0.39 is 0 Å². The molecule has 1 aromatic heterocycles. The van der Waals surface area contributed by atoms with Crippen molar-refractivity contribution in [3.8, 4) is 22.3 Å². The molecule has 2 heteroatoms. The van der Waals surface area contributed by atoms with Crippen molar-refractivity contribution in [3.63, 3.8) is 0 Å². The van der Waals surface area contributed by atoms with Crippen molar-refractivity contribution in [2.75, 3.05) is 0 Å². The van der Waals surface area contributed by atoms with Crippen molar-refractivity contribution in [3.05, 3.63) is 107 Å². The van der Waals surface area contributed by atoms with Gasteiger partial charge in [-0.15, -0.1) is 0 Å². The van der Waals surface area contributed by atoms with Gasteiger partial charge in [0.2, 0.25) is 0 Å². The third-order valence-electron chi connectivity index (χ3n) is 7.33. The Morgan fingerprint density at radius 2 is 1.36 bits per heavy atom. The molecule has 0 fully saturated rings. The zero-order chi connectivity index (χ0) is 22.3. The molecular formula is C31H21ClO. The summed E-state index contributed by atoms with van der Waals surface area (Å²) in [5.74, 6) is 0. The summed E-state index contributed by atoms with van der Waals surface area (Å²) in [5.41, 5.74) is 9.29. The molecule has 0 N–H and O–H groups in total. The van der Waals surface area contributed by atoms with Crippen molar-refractivity contribution < 1.29 is 4.42 Å². The third kappa shape index (κ3) is 2.54. The van der Waals surface area contributed by atoms with Crippen LogP contribution in [0.25, 0.3) is 55.0 Å². The van der Waals surface area contributed by atoms with E-state index in [2.05, 4.69) is 98.8 Å². The minimum Gasteiger partial charge on any atom is -0.455 e. The van der Waals surface area contributed by atoms with Crippen LogP contribution in [0.1, 0.15) is 25.0 Å². The molecule has 0 atom stereocenters. The Labute approximate surface area is 197 Å². The molecule has 0 radical (unpaired) electrons. The predicted octanol–water partition coefficient (Wildman–Crippen LogP) is 9.37. The Morgan fingerprint density at radius 3 is 2.21 bits per heavy atom. The fourth-order valence-electron chi connectivity index (χ4n) is 5.62. The van der Waals surface area contributed by atoms with E-state index in [1.165, 1.54) is 33.0 Å². The monoisotopic (exact) mass is 444 g/mol. The van der Waals surface area contributed by atoms with Crippen LogP contribution in [-0.2, 0) is 5.41 Å². The van der Waals surface area contributed by atoms with E-state index in [4.69, 9.17) is 16.0 Å². The number of rotatable bonds is 1. The molecule has 0 saturated heterocycles. The molecule has 6 aromatic rings. The van der Waals surface area contributed by atoms with Gasteiger partial charge in [0.15, 0.2) is 0 Å². The van der Waals surface area contributed by atoms with Crippen molar-refractivity contribution in [2.45, 2.75) is 19.3 Å². The lowest BCUT2D eigenvalue weighted by Gasteiger charge is -2.22. The lowest BCUT2D eigenvalue weighted by Crippen LogP contribution is -2.14. The minimum absolute atomic E-state index is 0.0426. The van der Waals surface area contributed by atoms with E-state index in [0.717, 1.165) is 38.1 Å². The highest BCUT2D eigenvalue weighted by atomic mass is 35.5. The summed E-state index contributed by atoms with van der Waals surface area (Å²) in [5, 5.41) is 5.11. The zero-order valence-electron chi connectivity index (χ0n) is 18.4. The van der Waals surface area contributed by atoms with Crippen LogP contribution in [0.4, 0.5) is 0 Å². The number of hydrogen-bond donors (Lipinski definition) is 0. The average Bonchev–Trinajstić information content (AvgIpc) is 3.31. The van der Waals surface area contributed by atoms with Crippen LogP contribution in [0.3, 0.4) is 0 Å². The van der Waals surface area contributed by atoms with Crippen molar-refractivity contribution >= 4 is 44.3 Å². The molecule has 0 amide bonds. The Hall–Kier alpha value is -3.55. The van der Waals surface area contributed by atoms with Gasteiger partial charge in [-0.3, -0.25) is 0 Å². The van der Waals surface area contributed by atoms with E-state index in [-0.39, 0.29) is 5.41 Å². The second-order valence-electron chi connectivity index (χ2n) is 9.53.